The molecule has 0 spiro atoms. The molecule has 0 N–H and O–H groups in total. The van der Waals surface area contributed by atoms with E-state index >= 15 is 0 Å². The zero-order valence-corrected chi connectivity index (χ0v) is 11.1. The molecule has 106 valence electrons. The van der Waals surface area contributed by atoms with E-state index in [4.69, 9.17) is 0 Å². The highest BCUT2D eigenvalue weighted by Crippen LogP contribution is 2.12. The number of unbranched alkanes of at least 4 members (excludes halogenated alkanes) is 5. The van der Waals surface area contributed by atoms with Gasteiger partial charge in [0.05, 0.1) is 0 Å². The third-order valence-electron chi connectivity index (χ3n) is 2.95. The second kappa shape index (κ2) is 11.4. The van der Waals surface area contributed by atoms with Gasteiger partial charge in [-0.25, -0.2) is 0 Å². The van der Waals surface area contributed by atoms with E-state index in [9.17, 15) is 17.7 Å². The van der Waals surface area contributed by atoms with Crippen LogP contribution in [0, 0.1) is 0 Å². The van der Waals surface area contributed by atoms with Gasteiger partial charge in [0.1, 0.15) is 0 Å². The average Bonchev–Trinajstić information content (AvgIpc) is 2.69. The molecule has 0 bridgehead atoms. The molecule has 1 heterocycles. The summed E-state index contributed by atoms with van der Waals surface area (Å²) in [6, 6.07) is 0. The van der Waals surface area contributed by atoms with Crippen LogP contribution in [0.5, 0.6) is 0 Å². The predicted octanol–water partition coefficient (Wildman–Crippen LogP) is 3.85. The zero-order chi connectivity index (χ0) is 13.8. The Morgan fingerprint density at radius 2 is 1.67 bits per heavy atom. The summed E-state index contributed by atoms with van der Waals surface area (Å²) in [5.41, 5.74) is 0. The van der Waals surface area contributed by atoms with E-state index in [0.29, 0.717) is 5.91 Å². The number of rotatable bonds is 7. The van der Waals surface area contributed by atoms with E-state index in [2.05, 4.69) is 6.92 Å². The van der Waals surface area contributed by atoms with E-state index in [0.717, 1.165) is 25.9 Å². The Kier molecular flexibility index (Phi) is 11.0. The molecule has 0 aromatic heterocycles. The fraction of sp³-hybridized carbons (Fsp3) is 0.917. The minimum absolute atomic E-state index is 0.374. The van der Waals surface area contributed by atoms with Crippen molar-refractivity contribution in [3.05, 3.63) is 0 Å². The molecular weight excluding hydrogens is 242 g/mol. The summed E-state index contributed by atoms with van der Waals surface area (Å²) in [5.74, 6) is 0.374. The minimum atomic E-state index is -3.67. The number of hydrogen-bond acceptors (Lipinski definition) is 1. The first-order chi connectivity index (χ1) is 8.57. The maximum atomic E-state index is 11.3. The molecule has 1 aliphatic rings. The van der Waals surface area contributed by atoms with Crippen molar-refractivity contribution in [2.45, 2.75) is 58.3 Å². The predicted molar refractivity (Wildman–Crippen MR) is 68.3 cm³/mol. The largest absolute Gasteiger partial charge is 0.762 e. The summed E-state index contributed by atoms with van der Waals surface area (Å²) in [6.45, 7) is 4.25. The van der Waals surface area contributed by atoms with Crippen molar-refractivity contribution in [1.29, 1.82) is 0 Å². The monoisotopic (exact) mass is 265 g/mol. The maximum Gasteiger partial charge on any atom is 0.762 e. The Balaban J connectivity index is 0.000000631. The van der Waals surface area contributed by atoms with Crippen molar-refractivity contribution in [2.24, 2.45) is 0 Å². The van der Waals surface area contributed by atoms with Gasteiger partial charge in [-0.2, -0.15) is 0 Å². The number of amides is 1. The van der Waals surface area contributed by atoms with Crippen LogP contribution in [0.3, 0.4) is 0 Å². The molecule has 1 saturated heterocycles. The molecule has 0 radical (unpaired) electrons. The van der Waals surface area contributed by atoms with E-state index in [-0.39, 0.29) is 0 Å². The molecule has 6 heteroatoms. The van der Waals surface area contributed by atoms with Crippen molar-refractivity contribution in [1.82, 2.24) is 4.90 Å². The number of carbonyl (C=O) groups excluding carboxylic acids is 1. The van der Waals surface area contributed by atoms with Gasteiger partial charge in [0, 0.05) is 19.5 Å². The van der Waals surface area contributed by atoms with Crippen LogP contribution < -0.4 is 0 Å². The summed E-state index contributed by atoms with van der Waals surface area (Å²) >= 11 is 0. The van der Waals surface area contributed by atoms with E-state index < -0.39 is 7.54 Å². The van der Waals surface area contributed by atoms with Crippen molar-refractivity contribution < 1.29 is 17.7 Å². The highest BCUT2D eigenvalue weighted by Gasteiger charge is 2.18. The first kappa shape index (κ1) is 17.3. The van der Waals surface area contributed by atoms with Gasteiger partial charge >= 0.3 is 7.54 Å². The Morgan fingerprint density at radius 1 is 1.11 bits per heavy atom. The number of hydrogen-bond donors (Lipinski definition) is 0. The molecule has 0 aliphatic carbocycles. The Morgan fingerprint density at radius 3 is 2.17 bits per heavy atom. The van der Waals surface area contributed by atoms with Crippen LogP contribution in [0.25, 0.3) is 0 Å². The zero-order valence-electron chi connectivity index (χ0n) is 11.1. The smallest absolute Gasteiger partial charge is 0.343 e. The van der Waals surface area contributed by atoms with Crippen LogP contribution in [0.2, 0.25) is 0 Å². The molecule has 0 aromatic rings. The average molecular weight is 265 g/mol. The van der Waals surface area contributed by atoms with Crippen LogP contribution in [-0.4, -0.2) is 31.4 Å². The molecule has 0 atom stereocenters. The number of carbonyl (C=O) groups is 1. The van der Waals surface area contributed by atoms with Gasteiger partial charge in [-0.3, -0.25) is 17.7 Å². The van der Waals surface area contributed by atoms with Gasteiger partial charge in [-0.1, -0.05) is 39.0 Å². The van der Waals surface area contributed by atoms with Crippen molar-refractivity contribution >= 4 is 13.5 Å². The summed E-state index contributed by atoms with van der Waals surface area (Å²) in [5, 5.41) is 0. The number of halogens is 3. The van der Waals surface area contributed by atoms with Crippen molar-refractivity contribution in [2.75, 3.05) is 13.1 Å². The first-order valence-corrected chi connectivity index (χ1v) is 6.78. The summed E-state index contributed by atoms with van der Waals surface area (Å²) < 4.78 is 29.0. The van der Waals surface area contributed by atoms with E-state index in [1.54, 1.807) is 0 Å². The van der Waals surface area contributed by atoms with Gasteiger partial charge in [-0.15, -0.1) is 0 Å². The lowest BCUT2D eigenvalue weighted by Gasteiger charge is -2.14. The molecule has 1 amide bonds. The molecule has 0 aromatic carbocycles. The molecule has 2 nitrogen and oxygen atoms in total. The minimum Gasteiger partial charge on any atom is -0.343 e. The lowest BCUT2D eigenvalue weighted by Crippen LogP contribution is -2.25. The van der Waals surface area contributed by atoms with Gasteiger partial charge in [0.15, 0.2) is 0 Å². The second-order valence-corrected chi connectivity index (χ2v) is 4.50. The highest BCUT2D eigenvalue weighted by molar-refractivity contribution is 6.33. The summed E-state index contributed by atoms with van der Waals surface area (Å²) in [7, 11) is -3.67. The Labute approximate surface area is 108 Å². The Bertz CT molecular complexity index is 215. The van der Waals surface area contributed by atoms with E-state index in [1.165, 1.54) is 38.5 Å². The second-order valence-electron chi connectivity index (χ2n) is 4.50. The summed E-state index contributed by atoms with van der Waals surface area (Å²) in [6.07, 6.45) is 9.75. The molecule has 0 unspecified atom stereocenters. The van der Waals surface area contributed by atoms with Crippen LogP contribution in [0.15, 0.2) is 0 Å². The van der Waals surface area contributed by atoms with Crippen LogP contribution in [-0.2, 0) is 4.79 Å². The number of likely N-dealkylation sites (tertiary alicyclic amines) is 1. The molecule has 0 saturated carbocycles. The fourth-order valence-corrected chi connectivity index (χ4v) is 2.02. The summed E-state index contributed by atoms with van der Waals surface area (Å²) in [4.78, 5) is 13.3. The quantitative estimate of drug-likeness (QED) is 0.505. The van der Waals surface area contributed by atoms with Crippen molar-refractivity contribution in [3.8, 4) is 0 Å². The van der Waals surface area contributed by atoms with E-state index in [1.807, 2.05) is 4.90 Å². The SMILES string of the molecule is CCCCCCCCN1CCCC1=O.FB(F)F. The highest BCUT2D eigenvalue weighted by atomic mass is 19.4. The van der Waals surface area contributed by atoms with Crippen LogP contribution in [0.4, 0.5) is 12.9 Å². The lowest BCUT2D eigenvalue weighted by molar-refractivity contribution is -0.127. The van der Waals surface area contributed by atoms with Crippen LogP contribution >= 0.6 is 0 Å². The van der Waals surface area contributed by atoms with Gasteiger partial charge < -0.3 is 4.90 Å². The van der Waals surface area contributed by atoms with Gasteiger partial charge in [-0.05, 0) is 12.8 Å². The third kappa shape index (κ3) is 10.5. The van der Waals surface area contributed by atoms with Crippen molar-refractivity contribution in [3.63, 3.8) is 0 Å². The first-order valence-electron chi connectivity index (χ1n) is 6.78. The molecule has 1 aliphatic heterocycles. The van der Waals surface area contributed by atoms with Crippen LogP contribution in [0.1, 0.15) is 58.3 Å². The molecule has 1 fully saturated rings. The number of nitrogens with zero attached hydrogens (tertiary/aromatic N) is 1. The molecule has 1 rings (SSSR count). The molecule has 18 heavy (non-hydrogen) atoms. The molecular formula is C12H23BF3NO. The topological polar surface area (TPSA) is 20.3 Å². The normalized spacial score (nSPS) is 14.4. The standard InChI is InChI=1S/C12H23NO.BF3/c1-2-3-4-5-6-7-10-13-11-8-9-12(13)14;2-1(3)4/h2-11H2,1H3;. The Hall–Kier alpha value is -0.675. The van der Waals surface area contributed by atoms with Gasteiger partial charge in [0.25, 0.3) is 0 Å². The lowest BCUT2D eigenvalue weighted by atomic mass is 10.1. The maximum absolute atomic E-state index is 11.3. The third-order valence-corrected chi connectivity index (χ3v) is 2.95. The van der Waals surface area contributed by atoms with Gasteiger partial charge in [0.2, 0.25) is 5.91 Å². The fourth-order valence-electron chi connectivity index (χ4n) is 2.02.